The fraction of sp³-hybridized carbons (Fsp3) is 0.714. The summed E-state index contributed by atoms with van der Waals surface area (Å²) in [5.41, 5.74) is 0. The van der Waals surface area contributed by atoms with Crippen LogP contribution in [0, 0.1) is 5.92 Å². The number of rotatable bonds is 5. The number of thiophene rings is 1. The van der Waals surface area contributed by atoms with Crippen molar-refractivity contribution in [2.45, 2.75) is 38.3 Å². The Morgan fingerprint density at radius 2 is 2.28 bits per heavy atom. The number of halogens is 1. The van der Waals surface area contributed by atoms with Crippen molar-refractivity contribution in [1.29, 1.82) is 0 Å². The third-order valence-electron chi connectivity index (χ3n) is 4.14. The Balaban J connectivity index is 1.51. The largest absolute Gasteiger partial charge is 0.314 e. The lowest BCUT2D eigenvalue weighted by molar-refractivity contribution is 0.255. The zero-order valence-corrected chi connectivity index (χ0v) is 12.4. The highest BCUT2D eigenvalue weighted by atomic mass is 35.5. The first-order chi connectivity index (χ1) is 8.72. The topological polar surface area (TPSA) is 15.3 Å². The van der Waals surface area contributed by atoms with Gasteiger partial charge in [0.2, 0.25) is 0 Å². The van der Waals surface area contributed by atoms with Crippen LogP contribution >= 0.6 is 22.9 Å². The highest BCUT2D eigenvalue weighted by Gasteiger charge is 2.29. The predicted molar refractivity (Wildman–Crippen MR) is 78.4 cm³/mol. The molecule has 2 atom stereocenters. The zero-order chi connectivity index (χ0) is 12.5. The van der Waals surface area contributed by atoms with E-state index in [4.69, 9.17) is 11.6 Å². The van der Waals surface area contributed by atoms with E-state index in [1.165, 1.54) is 43.8 Å². The summed E-state index contributed by atoms with van der Waals surface area (Å²) >= 11 is 7.74. The summed E-state index contributed by atoms with van der Waals surface area (Å²) in [6.45, 7) is 5.97. The molecule has 1 aliphatic heterocycles. The molecule has 2 aliphatic rings. The van der Waals surface area contributed by atoms with Gasteiger partial charge in [0.05, 0.1) is 4.34 Å². The molecular formula is C14H21ClN2S. The number of nitrogens with zero attached hydrogens (tertiary/aromatic N) is 1. The quantitative estimate of drug-likeness (QED) is 0.890. The van der Waals surface area contributed by atoms with Crippen LogP contribution in [0.4, 0.5) is 0 Å². The molecule has 0 aromatic carbocycles. The van der Waals surface area contributed by atoms with E-state index < -0.39 is 0 Å². The molecule has 4 heteroatoms. The van der Waals surface area contributed by atoms with Crippen LogP contribution in [0.2, 0.25) is 4.34 Å². The van der Waals surface area contributed by atoms with Crippen molar-refractivity contribution in [1.82, 2.24) is 10.2 Å². The Morgan fingerprint density at radius 3 is 2.94 bits per heavy atom. The molecule has 1 aromatic rings. The first-order valence-electron chi connectivity index (χ1n) is 6.95. The molecule has 2 nitrogen and oxygen atoms in total. The van der Waals surface area contributed by atoms with E-state index in [2.05, 4.69) is 23.2 Å². The molecule has 2 heterocycles. The lowest BCUT2D eigenvalue weighted by atomic mass is 10.1. The van der Waals surface area contributed by atoms with Crippen molar-refractivity contribution in [3.05, 3.63) is 21.3 Å². The van der Waals surface area contributed by atoms with Gasteiger partial charge in [-0.3, -0.25) is 4.90 Å². The average molecular weight is 285 g/mol. The minimum Gasteiger partial charge on any atom is -0.314 e. The molecule has 2 unspecified atom stereocenters. The Bertz CT molecular complexity index is 402. The van der Waals surface area contributed by atoms with Gasteiger partial charge < -0.3 is 5.32 Å². The molecule has 18 heavy (non-hydrogen) atoms. The molecular weight excluding hydrogens is 264 g/mol. The molecule has 3 rings (SSSR count). The molecule has 0 amide bonds. The monoisotopic (exact) mass is 284 g/mol. The number of likely N-dealkylation sites (tertiary alicyclic amines) is 1. The lowest BCUT2D eigenvalue weighted by Crippen LogP contribution is -2.28. The van der Waals surface area contributed by atoms with E-state index in [0.717, 1.165) is 16.3 Å². The van der Waals surface area contributed by atoms with Gasteiger partial charge in [-0.1, -0.05) is 11.6 Å². The Kier molecular flexibility index (Phi) is 3.94. The van der Waals surface area contributed by atoms with E-state index in [0.29, 0.717) is 6.04 Å². The second-order valence-electron chi connectivity index (χ2n) is 5.65. The van der Waals surface area contributed by atoms with Crippen LogP contribution in [0.5, 0.6) is 0 Å². The maximum Gasteiger partial charge on any atom is 0.0931 e. The third-order valence-corrected chi connectivity index (χ3v) is 5.54. The van der Waals surface area contributed by atoms with Crippen LogP contribution in [-0.2, 0) is 0 Å². The Hall–Kier alpha value is -0.0900. The minimum atomic E-state index is 0.522. The second kappa shape index (κ2) is 5.49. The fourth-order valence-corrected chi connectivity index (χ4v) is 3.88. The molecule has 0 bridgehead atoms. The van der Waals surface area contributed by atoms with E-state index in [9.17, 15) is 0 Å². The van der Waals surface area contributed by atoms with Crippen molar-refractivity contribution in [2.75, 3.05) is 19.6 Å². The lowest BCUT2D eigenvalue weighted by Gasteiger charge is -2.23. The molecule has 100 valence electrons. The maximum absolute atomic E-state index is 6.02. The van der Waals surface area contributed by atoms with Crippen LogP contribution in [0.3, 0.4) is 0 Å². The van der Waals surface area contributed by atoms with Crippen molar-refractivity contribution >= 4 is 22.9 Å². The summed E-state index contributed by atoms with van der Waals surface area (Å²) in [6, 6.07) is 5.55. The van der Waals surface area contributed by atoms with Gasteiger partial charge >= 0.3 is 0 Å². The number of nitrogens with one attached hydrogen (secondary N) is 1. The van der Waals surface area contributed by atoms with Gasteiger partial charge in [-0.05, 0) is 57.3 Å². The van der Waals surface area contributed by atoms with Gasteiger partial charge in [0.25, 0.3) is 0 Å². The fourth-order valence-electron chi connectivity index (χ4n) is 2.73. The normalized spacial score (nSPS) is 26.7. The maximum atomic E-state index is 6.02. The first kappa shape index (κ1) is 12.9. The molecule has 2 fully saturated rings. The standard InChI is InChI=1S/C14H21ClN2S/c1-10(13-4-5-14(15)18-13)17-7-6-11(9-17)8-16-12-2-3-12/h4-5,10-12,16H,2-3,6-9H2,1H3. The molecule has 1 N–H and O–H groups in total. The van der Waals surface area contributed by atoms with Gasteiger partial charge in [0, 0.05) is 23.5 Å². The molecule has 1 aliphatic carbocycles. The van der Waals surface area contributed by atoms with Gasteiger partial charge in [0.15, 0.2) is 0 Å². The van der Waals surface area contributed by atoms with E-state index >= 15 is 0 Å². The highest BCUT2D eigenvalue weighted by molar-refractivity contribution is 7.16. The van der Waals surface area contributed by atoms with E-state index in [1.807, 2.05) is 6.07 Å². The SMILES string of the molecule is CC(c1ccc(Cl)s1)N1CCC(CNC2CC2)C1. The molecule has 1 saturated heterocycles. The summed E-state index contributed by atoms with van der Waals surface area (Å²) in [5.74, 6) is 0.837. The van der Waals surface area contributed by atoms with Crippen molar-refractivity contribution in [3.8, 4) is 0 Å². The highest BCUT2D eigenvalue weighted by Crippen LogP contribution is 2.33. The van der Waals surface area contributed by atoms with Crippen LogP contribution in [0.1, 0.15) is 37.1 Å². The van der Waals surface area contributed by atoms with Crippen LogP contribution in [0.15, 0.2) is 12.1 Å². The van der Waals surface area contributed by atoms with Gasteiger partial charge in [-0.25, -0.2) is 0 Å². The summed E-state index contributed by atoms with van der Waals surface area (Å²) in [6.07, 6.45) is 4.12. The van der Waals surface area contributed by atoms with Gasteiger partial charge in [-0.2, -0.15) is 0 Å². The van der Waals surface area contributed by atoms with Gasteiger partial charge in [0.1, 0.15) is 0 Å². The Morgan fingerprint density at radius 1 is 1.44 bits per heavy atom. The Labute approximate surface area is 118 Å². The van der Waals surface area contributed by atoms with Gasteiger partial charge in [-0.15, -0.1) is 11.3 Å². The van der Waals surface area contributed by atoms with Crippen LogP contribution < -0.4 is 5.32 Å². The van der Waals surface area contributed by atoms with Crippen LogP contribution in [0.25, 0.3) is 0 Å². The number of hydrogen-bond acceptors (Lipinski definition) is 3. The van der Waals surface area contributed by atoms with Crippen molar-refractivity contribution < 1.29 is 0 Å². The average Bonchev–Trinajstić information content (AvgIpc) is 2.90. The van der Waals surface area contributed by atoms with E-state index in [1.54, 1.807) is 11.3 Å². The smallest absolute Gasteiger partial charge is 0.0931 e. The molecule has 0 spiro atoms. The summed E-state index contributed by atoms with van der Waals surface area (Å²) < 4.78 is 0.906. The number of hydrogen-bond donors (Lipinski definition) is 1. The zero-order valence-electron chi connectivity index (χ0n) is 10.9. The molecule has 1 aromatic heterocycles. The summed E-state index contributed by atoms with van der Waals surface area (Å²) in [5, 5.41) is 3.66. The summed E-state index contributed by atoms with van der Waals surface area (Å²) in [4.78, 5) is 4.00. The van der Waals surface area contributed by atoms with Crippen molar-refractivity contribution in [2.24, 2.45) is 5.92 Å². The third kappa shape index (κ3) is 3.08. The first-order valence-corrected chi connectivity index (χ1v) is 8.14. The second-order valence-corrected chi connectivity index (χ2v) is 7.40. The minimum absolute atomic E-state index is 0.522. The van der Waals surface area contributed by atoms with Crippen molar-refractivity contribution in [3.63, 3.8) is 0 Å². The summed E-state index contributed by atoms with van der Waals surface area (Å²) in [7, 11) is 0. The predicted octanol–water partition coefficient (Wildman–Crippen LogP) is 3.54. The van der Waals surface area contributed by atoms with Crippen LogP contribution in [-0.4, -0.2) is 30.6 Å². The van der Waals surface area contributed by atoms with E-state index in [-0.39, 0.29) is 0 Å². The molecule has 1 saturated carbocycles. The molecule has 0 radical (unpaired) electrons.